The fourth-order valence-electron chi connectivity index (χ4n) is 2.04. The number of nitro groups is 1. The average Bonchev–Trinajstić information content (AvgIpc) is 3.02. The van der Waals surface area contributed by atoms with Gasteiger partial charge in [-0.05, 0) is 52.2 Å². The van der Waals surface area contributed by atoms with Gasteiger partial charge >= 0.3 is 0 Å². The van der Waals surface area contributed by atoms with Gasteiger partial charge in [0, 0.05) is 15.9 Å². The summed E-state index contributed by atoms with van der Waals surface area (Å²) in [5.74, 6) is 0. The van der Waals surface area contributed by atoms with Crippen molar-refractivity contribution >= 4 is 34.5 Å². The van der Waals surface area contributed by atoms with Crippen molar-refractivity contribution in [1.82, 2.24) is 0 Å². The van der Waals surface area contributed by atoms with Gasteiger partial charge in [-0.1, -0.05) is 23.9 Å². The van der Waals surface area contributed by atoms with E-state index >= 15 is 0 Å². The van der Waals surface area contributed by atoms with Gasteiger partial charge in [0.25, 0.3) is 5.69 Å². The molecular formula is C16H12N2O2S2. The van der Waals surface area contributed by atoms with Crippen molar-refractivity contribution in [2.24, 2.45) is 0 Å². The van der Waals surface area contributed by atoms with E-state index in [4.69, 9.17) is 5.73 Å². The summed E-state index contributed by atoms with van der Waals surface area (Å²) in [6.07, 6.45) is 0. The minimum absolute atomic E-state index is 0.0582. The van der Waals surface area contributed by atoms with Crippen LogP contribution in [-0.2, 0) is 0 Å². The smallest absolute Gasteiger partial charge is 0.292 e. The van der Waals surface area contributed by atoms with Crippen molar-refractivity contribution < 1.29 is 4.92 Å². The largest absolute Gasteiger partial charge is 0.393 e. The van der Waals surface area contributed by atoms with E-state index in [0.29, 0.717) is 0 Å². The number of benzene rings is 2. The third-order valence-corrected chi connectivity index (χ3v) is 4.82. The lowest BCUT2D eigenvalue weighted by atomic mass is 10.1. The summed E-state index contributed by atoms with van der Waals surface area (Å²) >= 11 is 3.20. The first-order valence-electron chi connectivity index (χ1n) is 6.48. The van der Waals surface area contributed by atoms with Crippen LogP contribution in [0.2, 0.25) is 0 Å². The Morgan fingerprint density at radius 1 is 1.00 bits per heavy atom. The van der Waals surface area contributed by atoms with Crippen LogP contribution in [0.15, 0.2) is 69.1 Å². The van der Waals surface area contributed by atoms with Crippen molar-refractivity contribution in [3.8, 4) is 11.1 Å². The highest BCUT2D eigenvalue weighted by molar-refractivity contribution is 7.99. The highest BCUT2D eigenvalue weighted by Crippen LogP contribution is 2.33. The zero-order valence-electron chi connectivity index (χ0n) is 11.4. The van der Waals surface area contributed by atoms with E-state index in [0.717, 1.165) is 9.79 Å². The maximum absolute atomic E-state index is 10.8. The quantitative estimate of drug-likeness (QED) is 0.413. The van der Waals surface area contributed by atoms with Crippen molar-refractivity contribution in [2.75, 3.05) is 5.73 Å². The highest BCUT2D eigenvalue weighted by atomic mass is 32.2. The molecule has 0 spiro atoms. The molecule has 0 amide bonds. The summed E-state index contributed by atoms with van der Waals surface area (Å²) in [4.78, 5) is 12.2. The Morgan fingerprint density at radius 3 is 2.32 bits per heavy atom. The molecule has 2 N–H and O–H groups in total. The maximum atomic E-state index is 10.8. The number of hydrogen-bond acceptors (Lipinski definition) is 5. The van der Waals surface area contributed by atoms with Gasteiger partial charge in [-0.3, -0.25) is 10.1 Å². The molecule has 1 aromatic heterocycles. The minimum atomic E-state index is -0.473. The number of nitrogen functional groups attached to an aromatic ring is 1. The van der Waals surface area contributed by atoms with Gasteiger partial charge in [-0.15, -0.1) is 0 Å². The number of nitro benzene ring substituents is 1. The first kappa shape index (κ1) is 14.6. The molecule has 110 valence electrons. The molecule has 22 heavy (non-hydrogen) atoms. The number of rotatable bonds is 4. The molecule has 0 fully saturated rings. The number of hydrogen-bond donors (Lipinski definition) is 1. The second-order valence-electron chi connectivity index (χ2n) is 4.62. The van der Waals surface area contributed by atoms with Crippen LogP contribution < -0.4 is 5.73 Å². The lowest BCUT2D eigenvalue weighted by Gasteiger charge is -2.05. The molecule has 0 radical (unpaired) electrons. The van der Waals surface area contributed by atoms with E-state index in [1.807, 2.05) is 12.1 Å². The summed E-state index contributed by atoms with van der Waals surface area (Å²) < 4.78 is 0. The molecule has 2 aromatic carbocycles. The van der Waals surface area contributed by atoms with Crippen molar-refractivity contribution in [3.05, 3.63) is 69.4 Å². The first-order valence-corrected chi connectivity index (χ1v) is 8.24. The monoisotopic (exact) mass is 328 g/mol. The molecule has 3 aromatic rings. The van der Waals surface area contributed by atoms with Crippen LogP contribution in [0.1, 0.15) is 0 Å². The predicted molar refractivity (Wildman–Crippen MR) is 91.4 cm³/mol. The minimum Gasteiger partial charge on any atom is -0.393 e. The third kappa shape index (κ3) is 3.13. The van der Waals surface area contributed by atoms with Crippen molar-refractivity contribution in [3.63, 3.8) is 0 Å². The van der Waals surface area contributed by atoms with E-state index in [1.54, 1.807) is 23.5 Å². The molecular weight excluding hydrogens is 316 g/mol. The molecule has 0 saturated carbocycles. The number of nitrogens with two attached hydrogens (primary N) is 1. The second kappa shape index (κ2) is 6.21. The van der Waals surface area contributed by atoms with Crippen LogP contribution in [0, 0.1) is 10.1 Å². The molecule has 0 saturated heterocycles. The molecule has 0 aliphatic heterocycles. The van der Waals surface area contributed by atoms with Crippen LogP contribution in [0.4, 0.5) is 11.4 Å². The van der Waals surface area contributed by atoms with Gasteiger partial charge in [-0.2, -0.15) is 11.3 Å². The fraction of sp³-hybridized carbons (Fsp3) is 0. The standard InChI is InChI=1S/C16H12N2O2S2/c17-15-9-14(5-6-16(15)18(19)20)22-13-3-1-11(2-4-13)12-7-8-21-10-12/h1-10H,17H2. The SMILES string of the molecule is Nc1cc(Sc2ccc(-c3ccsc3)cc2)ccc1[N+](=O)[O-]. The molecule has 0 bridgehead atoms. The molecule has 0 aliphatic carbocycles. The van der Waals surface area contributed by atoms with E-state index in [1.165, 1.54) is 29.0 Å². The Balaban J connectivity index is 1.79. The van der Waals surface area contributed by atoms with E-state index in [-0.39, 0.29) is 11.4 Å². The van der Waals surface area contributed by atoms with Crippen molar-refractivity contribution in [1.29, 1.82) is 0 Å². The Labute approximate surface area is 135 Å². The fourth-order valence-corrected chi connectivity index (χ4v) is 3.57. The lowest BCUT2D eigenvalue weighted by molar-refractivity contribution is -0.383. The van der Waals surface area contributed by atoms with E-state index < -0.39 is 4.92 Å². The molecule has 0 aliphatic rings. The predicted octanol–water partition coefficient (Wildman–Crippen LogP) is 5.06. The zero-order valence-corrected chi connectivity index (χ0v) is 13.1. The lowest BCUT2D eigenvalue weighted by Crippen LogP contribution is -1.95. The summed E-state index contributed by atoms with van der Waals surface area (Å²) in [5.41, 5.74) is 8.22. The molecule has 3 rings (SSSR count). The highest BCUT2D eigenvalue weighted by Gasteiger charge is 2.11. The average molecular weight is 328 g/mol. The summed E-state index contributed by atoms with van der Waals surface area (Å²) in [6.45, 7) is 0. The van der Waals surface area contributed by atoms with E-state index in [9.17, 15) is 10.1 Å². The maximum Gasteiger partial charge on any atom is 0.292 e. The van der Waals surface area contributed by atoms with Crippen molar-refractivity contribution in [2.45, 2.75) is 9.79 Å². The van der Waals surface area contributed by atoms with Gasteiger partial charge < -0.3 is 5.73 Å². The topological polar surface area (TPSA) is 69.2 Å². The number of nitrogens with zero attached hydrogens (tertiary/aromatic N) is 1. The molecule has 1 heterocycles. The Kier molecular flexibility index (Phi) is 4.13. The Morgan fingerprint density at radius 2 is 1.73 bits per heavy atom. The van der Waals surface area contributed by atoms with Gasteiger partial charge in [0.05, 0.1) is 4.92 Å². The van der Waals surface area contributed by atoms with Gasteiger partial charge in [0.15, 0.2) is 0 Å². The van der Waals surface area contributed by atoms with Gasteiger partial charge in [0.1, 0.15) is 5.69 Å². The van der Waals surface area contributed by atoms with Crippen LogP contribution in [0.25, 0.3) is 11.1 Å². The van der Waals surface area contributed by atoms with Crippen LogP contribution >= 0.6 is 23.1 Å². The summed E-state index contributed by atoms with van der Waals surface area (Å²) in [6, 6.07) is 15.1. The molecule has 0 atom stereocenters. The second-order valence-corrected chi connectivity index (χ2v) is 6.54. The molecule has 4 nitrogen and oxygen atoms in total. The van der Waals surface area contributed by atoms with E-state index in [2.05, 4.69) is 29.0 Å². The third-order valence-electron chi connectivity index (χ3n) is 3.14. The summed E-state index contributed by atoms with van der Waals surface area (Å²) in [5, 5.41) is 14.9. The molecule has 0 unspecified atom stereocenters. The zero-order chi connectivity index (χ0) is 15.5. The van der Waals surface area contributed by atoms with Gasteiger partial charge in [-0.25, -0.2) is 0 Å². The summed E-state index contributed by atoms with van der Waals surface area (Å²) in [7, 11) is 0. The van der Waals surface area contributed by atoms with Crippen LogP contribution in [0.5, 0.6) is 0 Å². The normalized spacial score (nSPS) is 10.5. The van der Waals surface area contributed by atoms with Crippen LogP contribution in [0.3, 0.4) is 0 Å². The molecule has 6 heteroatoms. The Hall–Kier alpha value is -2.31. The first-order chi connectivity index (χ1) is 10.6. The Bertz CT molecular complexity index is 800. The number of anilines is 1. The number of thiophene rings is 1. The van der Waals surface area contributed by atoms with Gasteiger partial charge in [0.2, 0.25) is 0 Å². The van der Waals surface area contributed by atoms with Crippen LogP contribution in [-0.4, -0.2) is 4.92 Å².